The quantitative estimate of drug-likeness (QED) is 0.536. The third-order valence-electron chi connectivity index (χ3n) is 3.45. The fraction of sp³-hybridized carbons (Fsp3) is 0.150. The Hall–Kier alpha value is -3.75. The first-order valence-corrected chi connectivity index (χ1v) is 8.25. The molecule has 1 N–H and O–H groups in total. The van der Waals surface area contributed by atoms with Crippen LogP contribution in [0.2, 0.25) is 0 Å². The number of nitrogens with one attached hydrogen (secondary N) is 1. The Labute approximate surface area is 164 Å². The standard InChI is InChI=1S/C20H17F2NO6/c1-27-19(26)14-5-2-13(3-6-14)4-11-18(25)28-12-17(24)23-15-7-9-16(10-8-15)29-20(21)22/h2-11,20H,12H2,1H3,(H,23,24)/b11-4+. The second-order valence-corrected chi connectivity index (χ2v) is 5.51. The molecule has 0 unspecified atom stereocenters. The fourth-order valence-corrected chi connectivity index (χ4v) is 2.11. The molecular weight excluding hydrogens is 388 g/mol. The van der Waals surface area contributed by atoms with E-state index >= 15 is 0 Å². The number of anilines is 1. The molecule has 7 nitrogen and oxygen atoms in total. The molecule has 0 fully saturated rings. The molecule has 0 aliphatic carbocycles. The number of halogens is 2. The zero-order valence-electron chi connectivity index (χ0n) is 15.3. The van der Waals surface area contributed by atoms with E-state index in [0.717, 1.165) is 6.08 Å². The second kappa shape index (κ2) is 10.5. The van der Waals surface area contributed by atoms with E-state index in [1.807, 2.05) is 0 Å². The first-order valence-electron chi connectivity index (χ1n) is 8.25. The van der Waals surface area contributed by atoms with Crippen molar-refractivity contribution in [1.82, 2.24) is 0 Å². The number of ether oxygens (including phenoxy) is 3. The minimum Gasteiger partial charge on any atom is -0.465 e. The Morgan fingerprint density at radius 1 is 1.03 bits per heavy atom. The van der Waals surface area contributed by atoms with Crippen molar-refractivity contribution in [3.8, 4) is 5.75 Å². The zero-order chi connectivity index (χ0) is 21.2. The van der Waals surface area contributed by atoms with Gasteiger partial charge in [0.2, 0.25) is 0 Å². The van der Waals surface area contributed by atoms with Gasteiger partial charge in [-0.3, -0.25) is 4.79 Å². The zero-order valence-corrected chi connectivity index (χ0v) is 15.3. The summed E-state index contributed by atoms with van der Waals surface area (Å²) in [6.07, 6.45) is 2.60. The van der Waals surface area contributed by atoms with Gasteiger partial charge in [0.05, 0.1) is 12.7 Å². The van der Waals surface area contributed by atoms with Crippen molar-refractivity contribution in [3.63, 3.8) is 0 Å². The van der Waals surface area contributed by atoms with Gasteiger partial charge in [-0.1, -0.05) is 12.1 Å². The minimum atomic E-state index is -2.94. The molecule has 0 heterocycles. The topological polar surface area (TPSA) is 90.9 Å². The predicted molar refractivity (Wildman–Crippen MR) is 99.5 cm³/mol. The number of carbonyl (C=O) groups excluding carboxylic acids is 3. The normalized spacial score (nSPS) is 10.6. The van der Waals surface area contributed by atoms with Crippen LogP contribution in [0.3, 0.4) is 0 Å². The maximum absolute atomic E-state index is 12.1. The molecule has 2 aromatic rings. The molecule has 0 bridgehead atoms. The third-order valence-corrected chi connectivity index (χ3v) is 3.45. The summed E-state index contributed by atoms with van der Waals surface area (Å²) < 4.78 is 37.8. The van der Waals surface area contributed by atoms with Gasteiger partial charge in [0.15, 0.2) is 6.61 Å². The van der Waals surface area contributed by atoms with E-state index in [1.54, 1.807) is 24.3 Å². The number of esters is 2. The number of carbonyl (C=O) groups is 3. The summed E-state index contributed by atoms with van der Waals surface area (Å²) in [5.74, 6) is -1.86. The SMILES string of the molecule is COC(=O)c1ccc(/C=C/C(=O)OCC(=O)Nc2ccc(OC(F)F)cc2)cc1. The summed E-state index contributed by atoms with van der Waals surface area (Å²) in [6, 6.07) is 11.6. The number of methoxy groups -OCH3 is 1. The van der Waals surface area contributed by atoms with Crippen LogP contribution in [-0.2, 0) is 19.1 Å². The van der Waals surface area contributed by atoms with E-state index in [1.165, 1.54) is 37.5 Å². The van der Waals surface area contributed by atoms with Crippen LogP contribution >= 0.6 is 0 Å². The largest absolute Gasteiger partial charge is 0.465 e. The Bertz CT molecular complexity index is 879. The van der Waals surface area contributed by atoms with Gasteiger partial charge in [-0.15, -0.1) is 0 Å². The van der Waals surface area contributed by atoms with Crippen molar-refractivity contribution in [3.05, 3.63) is 65.7 Å². The molecule has 0 aliphatic rings. The monoisotopic (exact) mass is 405 g/mol. The Kier molecular flexibility index (Phi) is 7.84. The van der Waals surface area contributed by atoms with Crippen molar-refractivity contribution >= 4 is 29.6 Å². The van der Waals surface area contributed by atoms with Gasteiger partial charge in [-0.2, -0.15) is 8.78 Å². The van der Waals surface area contributed by atoms with Crippen LogP contribution in [0.1, 0.15) is 15.9 Å². The maximum Gasteiger partial charge on any atom is 0.387 e. The van der Waals surface area contributed by atoms with E-state index in [4.69, 9.17) is 4.74 Å². The number of benzene rings is 2. The van der Waals surface area contributed by atoms with Crippen molar-refractivity contribution in [2.75, 3.05) is 19.0 Å². The van der Waals surface area contributed by atoms with Crippen LogP contribution < -0.4 is 10.1 Å². The molecule has 9 heteroatoms. The Morgan fingerprint density at radius 2 is 1.69 bits per heavy atom. The predicted octanol–water partition coefficient (Wildman–Crippen LogP) is 3.27. The lowest BCUT2D eigenvalue weighted by molar-refractivity contribution is -0.142. The molecule has 152 valence electrons. The van der Waals surface area contributed by atoms with Gasteiger partial charge in [0, 0.05) is 11.8 Å². The van der Waals surface area contributed by atoms with Crippen molar-refractivity contribution in [2.24, 2.45) is 0 Å². The second-order valence-electron chi connectivity index (χ2n) is 5.51. The lowest BCUT2D eigenvalue weighted by Gasteiger charge is -2.07. The molecule has 0 radical (unpaired) electrons. The van der Waals surface area contributed by atoms with Gasteiger partial charge in [0.1, 0.15) is 5.75 Å². The summed E-state index contributed by atoms with van der Waals surface area (Å²) in [5, 5.41) is 2.45. The molecule has 0 aromatic heterocycles. The summed E-state index contributed by atoms with van der Waals surface area (Å²) in [4.78, 5) is 34.8. The van der Waals surface area contributed by atoms with Gasteiger partial charge in [-0.05, 0) is 48.0 Å². The van der Waals surface area contributed by atoms with Gasteiger partial charge in [-0.25, -0.2) is 9.59 Å². The molecule has 2 rings (SSSR count). The Morgan fingerprint density at radius 3 is 2.28 bits per heavy atom. The average molecular weight is 405 g/mol. The maximum atomic E-state index is 12.1. The number of hydrogen-bond donors (Lipinski definition) is 1. The highest BCUT2D eigenvalue weighted by molar-refractivity contribution is 5.94. The van der Waals surface area contributed by atoms with E-state index < -0.39 is 31.1 Å². The van der Waals surface area contributed by atoms with Crippen LogP contribution in [0, 0.1) is 0 Å². The molecule has 0 spiro atoms. The van der Waals surface area contributed by atoms with Crippen LogP contribution in [0.15, 0.2) is 54.6 Å². The lowest BCUT2D eigenvalue weighted by atomic mass is 10.1. The molecule has 0 atom stereocenters. The van der Waals surface area contributed by atoms with Gasteiger partial charge < -0.3 is 19.5 Å². The summed E-state index contributed by atoms with van der Waals surface area (Å²) in [6.45, 7) is -3.46. The highest BCUT2D eigenvalue weighted by atomic mass is 19.3. The van der Waals surface area contributed by atoms with Crippen molar-refractivity contribution in [1.29, 1.82) is 0 Å². The number of rotatable bonds is 8. The summed E-state index contributed by atoms with van der Waals surface area (Å²) in [7, 11) is 1.28. The minimum absolute atomic E-state index is 0.0471. The number of alkyl halides is 2. The molecule has 2 aromatic carbocycles. The van der Waals surface area contributed by atoms with E-state index in [9.17, 15) is 23.2 Å². The smallest absolute Gasteiger partial charge is 0.387 e. The summed E-state index contributed by atoms with van der Waals surface area (Å²) >= 11 is 0. The van der Waals surface area contributed by atoms with Crippen molar-refractivity contribution in [2.45, 2.75) is 6.61 Å². The van der Waals surface area contributed by atoms with Gasteiger partial charge in [0.25, 0.3) is 5.91 Å². The first-order chi connectivity index (χ1) is 13.9. The van der Waals surface area contributed by atoms with Gasteiger partial charge >= 0.3 is 18.6 Å². The fourth-order valence-electron chi connectivity index (χ4n) is 2.11. The molecule has 0 aliphatic heterocycles. The highest BCUT2D eigenvalue weighted by Gasteiger charge is 2.08. The van der Waals surface area contributed by atoms with E-state index in [2.05, 4.69) is 14.8 Å². The molecule has 0 saturated carbocycles. The molecule has 29 heavy (non-hydrogen) atoms. The number of hydrogen-bond acceptors (Lipinski definition) is 6. The van der Waals surface area contributed by atoms with Crippen LogP contribution in [0.5, 0.6) is 5.75 Å². The van der Waals surface area contributed by atoms with E-state index in [-0.39, 0.29) is 5.75 Å². The highest BCUT2D eigenvalue weighted by Crippen LogP contribution is 2.17. The summed E-state index contributed by atoms with van der Waals surface area (Å²) in [5.41, 5.74) is 1.34. The third kappa shape index (κ3) is 7.41. The molecule has 1 amide bonds. The van der Waals surface area contributed by atoms with E-state index in [0.29, 0.717) is 16.8 Å². The molecule has 0 saturated heterocycles. The van der Waals surface area contributed by atoms with Crippen LogP contribution in [-0.4, -0.2) is 38.2 Å². The number of amides is 1. The molecular formula is C20H17F2NO6. The average Bonchev–Trinajstić information content (AvgIpc) is 2.71. The van der Waals surface area contributed by atoms with Crippen LogP contribution in [0.4, 0.5) is 14.5 Å². The first kappa shape index (κ1) is 21.5. The Balaban J connectivity index is 1.78. The van der Waals surface area contributed by atoms with Crippen LogP contribution in [0.25, 0.3) is 6.08 Å². The van der Waals surface area contributed by atoms with Crippen molar-refractivity contribution < 1.29 is 37.4 Å². The lowest BCUT2D eigenvalue weighted by Crippen LogP contribution is -2.20.